The van der Waals surface area contributed by atoms with Crippen LogP contribution in [-0.4, -0.2) is 33.9 Å². The number of rotatable bonds is 20. The number of hydrogen-bond donors (Lipinski definition) is 0. The van der Waals surface area contributed by atoms with Gasteiger partial charge >= 0.3 is 16.2 Å². The van der Waals surface area contributed by atoms with Gasteiger partial charge in [-0.25, -0.2) is 0 Å². The maximum absolute atomic E-state index is 13.4. The van der Waals surface area contributed by atoms with E-state index in [2.05, 4.69) is 11.7 Å². The molecule has 0 aromatic heterocycles. The van der Waals surface area contributed by atoms with Gasteiger partial charge in [-0.05, 0) is 24.6 Å². The number of esters is 1. The second-order valence-corrected chi connectivity index (χ2v) is 10.1. The first kappa shape index (κ1) is 30.1. The van der Waals surface area contributed by atoms with Crippen molar-refractivity contribution in [3.8, 4) is 5.75 Å². The molecule has 0 aliphatic rings. The highest BCUT2D eigenvalue weighted by Crippen LogP contribution is 2.26. The Hall–Kier alpha value is -1.96. The summed E-state index contributed by atoms with van der Waals surface area (Å²) in [6.07, 6.45) is 16.7. The largest absolute Gasteiger partial charge is 0.493 e. The summed E-state index contributed by atoms with van der Waals surface area (Å²) in [4.78, 5) is 23.1. The van der Waals surface area contributed by atoms with Crippen molar-refractivity contribution in [2.24, 2.45) is 0 Å². The molecule has 0 amide bonds. The Bertz CT molecular complexity index is 838. The first-order chi connectivity index (χ1) is 16.3. The number of halogens is 1. The molecule has 1 aromatic rings. The molecule has 0 saturated carbocycles. The number of methoxy groups -OCH3 is 1. The van der Waals surface area contributed by atoms with E-state index in [9.17, 15) is 21.9 Å². The number of carbonyl (C=O) groups excluding carboxylic acids is 2. The molecule has 0 aliphatic carbocycles. The van der Waals surface area contributed by atoms with Crippen molar-refractivity contribution in [3.05, 3.63) is 23.8 Å². The minimum Gasteiger partial charge on any atom is -0.493 e. The first-order valence-corrected chi connectivity index (χ1v) is 14.0. The summed E-state index contributed by atoms with van der Waals surface area (Å²) in [5.74, 6) is -1.32. The molecule has 8 heteroatoms. The summed E-state index contributed by atoms with van der Waals surface area (Å²) in [6.45, 7) is 2.59. The average Bonchev–Trinajstić information content (AvgIpc) is 2.80. The van der Waals surface area contributed by atoms with Crippen LogP contribution in [0.3, 0.4) is 0 Å². The zero-order valence-electron chi connectivity index (χ0n) is 20.8. The smallest absolute Gasteiger partial charge is 0.332 e. The Morgan fingerprint density at radius 3 is 1.79 bits per heavy atom. The topological polar surface area (TPSA) is 86.7 Å². The minimum absolute atomic E-state index is 0.135. The SMILES string of the molecule is CCCCCCCCCCCCCCCCOc1ccc(S(=O)(=O)F)cc1C(=O)CC(=O)OC. The zero-order chi connectivity index (χ0) is 25.2. The van der Waals surface area contributed by atoms with Crippen LogP contribution in [-0.2, 0) is 19.8 Å². The number of benzene rings is 1. The molecule has 1 aromatic carbocycles. The summed E-state index contributed by atoms with van der Waals surface area (Å²) >= 11 is 0. The van der Waals surface area contributed by atoms with Crippen molar-refractivity contribution < 1.29 is 31.4 Å². The van der Waals surface area contributed by atoms with Crippen LogP contribution in [0.4, 0.5) is 3.89 Å². The van der Waals surface area contributed by atoms with Crippen LogP contribution in [0.15, 0.2) is 23.1 Å². The number of ketones is 1. The molecule has 0 N–H and O–H groups in total. The van der Waals surface area contributed by atoms with Crippen molar-refractivity contribution >= 4 is 22.0 Å². The van der Waals surface area contributed by atoms with Gasteiger partial charge in [-0.15, -0.1) is 3.89 Å². The fourth-order valence-electron chi connectivity index (χ4n) is 3.78. The van der Waals surface area contributed by atoms with Crippen molar-refractivity contribution in [2.45, 2.75) is 108 Å². The van der Waals surface area contributed by atoms with Crippen LogP contribution in [0.25, 0.3) is 0 Å². The molecule has 0 fully saturated rings. The Labute approximate surface area is 204 Å². The Morgan fingerprint density at radius 2 is 1.32 bits per heavy atom. The fraction of sp³-hybridized carbons (Fsp3) is 0.692. The third kappa shape index (κ3) is 13.1. The molecule has 0 saturated heterocycles. The number of ether oxygens (including phenoxy) is 2. The van der Waals surface area contributed by atoms with Crippen LogP contribution in [0.2, 0.25) is 0 Å². The Kier molecular flexibility index (Phi) is 15.5. The van der Waals surface area contributed by atoms with Crippen molar-refractivity contribution in [1.82, 2.24) is 0 Å². The Balaban J connectivity index is 2.30. The van der Waals surface area contributed by atoms with Gasteiger partial charge in [0.15, 0.2) is 5.78 Å². The lowest BCUT2D eigenvalue weighted by atomic mass is 10.0. The van der Waals surface area contributed by atoms with Gasteiger partial charge in [-0.3, -0.25) is 9.59 Å². The van der Waals surface area contributed by atoms with E-state index in [4.69, 9.17) is 4.74 Å². The molecule has 1 rings (SSSR count). The van der Waals surface area contributed by atoms with Gasteiger partial charge in [0.05, 0.1) is 24.2 Å². The van der Waals surface area contributed by atoms with Crippen molar-refractivity contribution in [1.29, 1.82) is 0 Å². The minimum atomic E-state index is -4.98. The van der Waals surface area contributed by atoms with Crippen LogP contribution in [0, 0.1) is 0 Å². The third-order valence-corrected chi connectivity index (χ3v) is 6.64. The predicted octanol–water partition coefficient (Wildman–Crippen LogP) is 6.95. The zero-order valence-corrected chi connectivity index (χ0v) is 21.6. The van der Waals surface area contributed by atoms with E-state index < -0.39 is 33.3 Å². The standard InChI is InChI=1S/C26H41FO6S/c1-3-4-5-6-7-8-9-10-11-12-13-14-15-16-19-33-25-18-17-22(34(27,30)31)20-23(25)24(28)21-26(29)32-2/h17-18,20H,3-16,19,21H2,1-2H3. The maximum Gasteiger partial charge on any atom is 0.332 e. The molecule has 0 radical (unpaired) electrons. The van der Waals surface area contributed by atoms with E-state index in [0.29, 0.717) is 6.61 Å². The second-order valence-electron chi connectivity index (χ2n) is 8.72. The third-order valence-electron chi connectivity index (χ3n) is 5.82. The van der Waals surface area contributed by atoms with Crippen LogP contribution in [0.5, 0.6) is 5.75 Å². The van der Waals surface area contributed by atoms with E-state index in [1.54, 1.807) is 0 Å². The quantitative estimate of drug-likeness (QED) is 0.0633. The van der Waals surface area contributed by atoms with Gasteiger partial charge in [-0.1, -0.05) is 90.4 Å². The van der Waals surface area contributed by atoms with Gasteiger partial charge in [0.1, 0.15) is 12.2 Å². The lowest BCUT2D eigenvalue weighted by molar-refractivity contribution is -0.139. The van der Waals surface area contributed by atoms with E-state index in [0.717, 1.165) is 38.5 Å². The van der Waals surface area contributed by atoms with Gasteiger partial charge < -0.3 is 9.47 Å². The van der Waals surface area contributed by atoms with E-state index >= 15 is 0 Å². The number of hydrogen-bond acceptors (Lipinski definition) is 6. The molecule has 0 unspecified atom stereocenters. The van der Waals surface area contributed by atoms with Crippen molar-refractivity contribution in [3.63, 3.8) is 0 Å². The second kappa shape index (κ2) is 17.5. The van der Waals surface area contributed by atoms with Crippen LogP contribution >= 0.6 is 0 Å². The summed E-state index contributed by atoms with van der Waals surface area (Å²) in [5.41, 5.74) is -0.144. The number of carbonyl (C=O) groups is 2. The summed E-state index contributed by atoms with van der Waals surface area (Å²) in [5, 5.41) is 0. The van der Waals surface area contributed by atoms with Gasteiger partial charge in [0.25, 0.3) is 0 Å². The molecule has 0 spiro atoms. The van der Waals surface area contributed by atoms with Crippen molar-refractivity contribution in [2.75, 3.05) is 13.7 Å². The molecular formula is C26H41FO6S. The molecule has 194 valence electrons. The van der Waals surface area contributed by atoms with Crippen LogP contribution < -0.4 is 4.74 Å². The monoisotopic (exact) mass is 500 g/mol. The molecule has 0 bridgehead atoms. The first-order valence-electron chi connectivity index (χ1n) is 12.6. The highest BCUT2D eigenvalue weighted by molar-refractivity contribution is 7.86. The van der Waals surface area contributed by atoms with E-state index in [1.807, 2.05) is 0 Å². The fourth-order valence-corrected chi connectivity index (χ4v) is 4.27. The summed E-state index contributed by atoms with van der Waals surface area (Å²) in [7, 11) is -3.84. The van der Waals surface area contributed by atoms with E-state index in [1.165, 1.54) is 76.7 Å². The van der Waals surface area contributed by atoms with E-state index in [-0.39, 0.29) is 11.3 Å². The highest BCUT2D eigenvalue weighted by atomic mass is 32.3. The molecule has 0 aliphatic heterocycles. The Morgan fingerprint density at radius 1 is 0.824 bits per heavy atom. The number of unbranched alkanes of at least 4 members (excludes halogenated alkanes) is 13. The molecule has 0 atom stereocenters. The normalized spacial score (nSPS) is 11.4. The summed E-state index contributed by atoms with van der Waals surface area (Å²) < 4.78 is 45.9. The molecule has 6 nitrogen and oxygen atoms in total. The van der Waals surface area contributed by atoms with Gasteiger partial charge in [0.2, 0.25) is 0 Å². The summed E-state index contributed by atoms with van der Waals surface area (Å²) in [6, 6.07) is 3.20. The maximum atomic E-state index is 13.4. The van der Waals surface area contributed by atoms with Gasteiger partial charge in [-0.2, -0.15) is 8.42 Å². The van der Waals surface area contributed by atoms with Crippen LogP contribution in [0.1, 0.15) is 114 Å². The van der Waals surface area contributed by atoms with Gasteiger partial charge in [0, 0.05) is 0 Å². The lowest BCUT2D eigenvalue weighted by Crippen LogP contribution is -2.12. The lowest BCUT2D eigenvalue weighted by Gasteiger charge is -2.12. The molecular weight excluding hydrogens is 459 g/mol. The molecule has 0 heterocycles. The predicted molar refractivity (Wildman–Crippen MR) is 132 cm³/mol. The molecule has 34 heavy (non-hydrogen) atoms. The highest BCUT2D eigenvalue weighted by Gasteiger charge is 2.21. The number of Topliss-reactive ketones (excluding diaryl/α,β-unsaturated/α-hetero) is 1. The average molecular weight is 501 g/mol.